The van der Waals surface area contributed by atoms with Gasteiger partial charge >= 0.3 is 12.2 Å². The summed E-state index contributed by atoms with van der Waals surface area (Å²) in [5.74, 6) is 0.124. The minimum Gasteiger partial charge on any atom is -0.449 e. The molecule has 0 aliphatic carbocycles. The van der Waals surface area contributed by atoms with E-state index in [9.17, 15) is 19.7 Å². The summed E-state index contributed by atoms with van der Waals surface area (Å²) in [6.07, 6.45) is -1.56. The average Bonchev–Trinajstić information content (AvgIpc) is 2.72. The number of nitro groups is 1. The van der Waals surface area contributed by atoms with Crippen LogP contribution in [-0.4, -0.2) is 28.4 Å². The molecular formula is C20H22N2O7S2. The minimum absolute atomic E-state index is 0.0595. The Morgan fingerprint density at radius 2 is 1.68 bits per heavy atom. The Hall–Kier alpha value is -2.92. The lowest BCUT2D eigenvalue weighted by Crippen LogP contribution is -2.29. The third kappa shape index (κ3) is 8.02. The molecule has 0 bridgehead atoms. The predicted molar refractivity (Wildman–Crippen MR) is 121 cm³/mol. The van der Waals surface area contributed by atoms with Crippen molar-refractivity contribution in [3.63, 3.8) is 0 Å². The first-order valence-corrected chi connectivity index (χ1v) is 10.1. The Balaban J connectivity index is 1.78. The Labute approximate surface area is 190 Å². The number of rotatable bonds is 8. The number of benzene rings is 2. The lowest BCUT2D eigenvalue weighted by molar-refractivity contribution is -0.384. The second-order valence-corrected chi connectivity index (χ2v) is 8.59. The molecule has 9 nitrogen and oxygen atoms in total. The maximum atomic E-state index is 11.9. The smallest absolute Gasteiger partial charge is 0.449 e. The molecule has 0 unspecified atom stereocenters. The number of hydrogen-bond donors (Lipinski definition) is 3. The van der Waals surface area contributed by atoms with Crippen molar-refractivity contribution in [1.29, 1.82) is 0 Å². The van der Waals surface area contributed by atoms with Crippen LogP contribution in [0.2, 0.25) is 0 Å². The summed E-state index contributed by atoms with van der Waals surface area (Å²) in [7, 11) is 0. The number of nitrogens with one attached hydrogen (secondary N) is 1. The van der Waals surface area contributed by atoms with Crippen LogP contribution < -0.4 is 10.1 Å². The van der Waals surface area contributed by atoms with Gasteiger partial charge in [-0.15, -0.1) is 0 Å². The largest absolute Gasteiger partial charge is 0.514 e. The number of nitrogens with zero attached hydrogens (tertiary/aromatic N) is 1. The quantitative estimate of drug-likeness (QED) is 0.124. The summed E-state index contributed by atoms with van der Waals surface area (Å²) >= 11 is 8.50. The Morgan fingerprint density at radius 1 is 1.06 bits per heavy atom. The first-order chi connectivity index (χ1) is 14.6. The van der Waals surface area contributed by atoms with E-state index < -0.39 is 22.6 Å². The highest BCUT2D eigenvalue weighted by Gasteiger charge is 2.26. The van der Waals surface area contributed by atoms with Crippen molar-refractivity contribution in [1.82, 2.24) is 0 Å². The fourth-order valence-corrected chi connectivity index (χ4v) is 2.22. The molecule has 11 heteroatoms. The van der Waals surface area contributed by atoms with Crippen LogP contribution in [0.5, 0.6) is 5.75 Å². The van der Waals surface area contributed by atoms with E-state index in [-0.39, 0.29) is 29.2 Å². The van der Waals surface area contributed by atoms with E-state index in [2.05, 4.69) is 30.6 Å². The maximum absolute atomic E-state index is 11.9. The number of amides is 1. The highest BCUT2D eigenvalue weighted by atomic mass is 32.2. The second kappa shape index (κ2) is 10.9. The van der Waals surface area contributed by atoms with Crippen LogP contribution >= 0.6 is 25.3 Å². The first-order valence-electron chi connectivity index (χ1n) is 9.05. The highest BCUT2D eigenvalue weighted by Crippen LogP contribution is 2.28. The summed E-state index contributed by atoms with van der Waals surface area (Å²) in [4.78, 5) is 33.7. The third-order valence-corrected chi connectivity index (χ3v) is 5.48. The van der Waals surface area contributed by atoms with Crippen molar-refractivity contribution in [3.8, 4) is 5.75 Å². The van der Waals surface area contributed by atoms with Gasteiger partial charge in [-0.05, 0) is 29.8 Å². The number of carbonyl (C=O) groups is 2. The molecule has 0 heterocycles. The lowest BCUT2D eigenvalue weighted by atomic mass is 9.98. The monoisotopic (exact) mass is 466 g/mol. The number of nitro benzene ring substituents is 1. The van der Waals surface area contributed by atoms with Crippen LogP contribution in [-0.2, 0) is 16.1 Å². The normalized spacial score (nSPS) is 11.0. The molecule has 0 spiro atoms. The van der Waals surface area contributed by atoms with Crippen molar-refractivity contribution in [2.24, 2.45) is 5.41 Å². The zero-order valence-corrected chi connectivity index (χ0v) is 18.6. The summed E-state index contributed by atoms with van der Waals surface area (Å²) in [6, 6.07) is 11.6. The molecule has 2 aromatic rings. The molecule has 0 aromatic heterocycles. The number of thiol groups is 2. The molecular weight excluding hydrogens is 444 g/mol. The molecule has 0 aliphatic rings. The number of carbonyl (C=O) groups excluding carboxylic acids is 2. The summed E-state index contributed by atoms with van der Waals surface area (Å²) in [6.45, 7) is 3.86. The van der Waals surface area contributed by atoms with E-state index in [4.69, 9.17) is 14.2 Å². The summed E-state index contributed by atoms with van der Waals surface area (Å²) in [5.41, 5.74) is 0.657. The standard InChI is InChI=1S/C20H22N2O7S2/c1-20(2,17(30)31)12-28-18(23)21-14-5-3-13(4-6-14)11-27-19(24)29-16-9-7-15(8-10-16)22(25)26/h3-10,17,30-31H,11-12H2,1-2H3,(H,21,23). The maximum Gasteiger partial charge on any atom is 0.514 e. The van der Waals surface area contributed by atoms with Gasteiger partial charge in [0.1, 0.15) is 19.0 Å². The lowest BCUT2D eigenvalue weighted by Gasteiger charge is -2.26. The van der Waals surface area contributed by atoms with Crippen LogP contribution in [0.3, 0.4) is 0 Å². The number of non-ortho nitro benzene ring substituents is 1. The van der Waals surface area contributed by atoms with E-state index in [1.54, 1.807) is 24.3 Å². The molecule has 0 radical (unpaired) electrons. The van der Waals surface area contributed by atoms with Gasteiger partial charge in [-0.1, -0.05) is 26.0 Å². The fraction of sp³-hybridized carbons (Fsp3) is 0.300. The van der Waals surface area contributed by atoms with Gasteiger partial charge in [0, 0.05) is 23.2 Å². The molecule has 2 aromatic carbocycles. The third-order valence-electron chi connectivity index (χ3n) is 4.08. The van der Waals surface area contributed by atoms with Gasteiger partial charge in [-0.25, -0.2) is 9.59 Å². The molecule has 166 valence electrons. The zero-order valence-electron chi connectivity index (χ0n) is 16.8. The predicted octanol–water partition coefficient (Wildman–Crippen LogP) is 5.07. The highest BCUT2D eigenvalue weighted by molar-refractivity contribution is 7.99. The molecule has 0 saturated carbocycles. The van der Waals surface area contributed by atoms with E-state index in [1.165, 1.54) is 24.3 Å². The summed E-state index contributed by atoms with van der Waals surface area (Å²) in [5, 5.41) is 13.2. The van der Waals surface area contributed by atoms with Crippen LogP contribution in [0.25, 0.3) is 0 Å². The van der Waals surface area contributed by atoms with Gasteiger partial charge in [0.15, 0.2) is 0 Å². The summed E-state index contributed by atoms with van der Waals surface area (Å²) < 4.78 is 14.9. The van der Waals surface area contributed by atoms with Crippen LogP contribution in [0.4, 0.5) is 21.0 Å². The van der Waals surface area contributed by atoms with Crippen LogP contribution in [0, 0.1) is 15.5 Å². The SMILES string of the molecule is CC(C)(COC(=O)Nc1ccc(COC(=O)Oc2ccc([N+](=O)[O-])cc2)cc1)C(S)S. The van der Waals surface area contributed by atoms with E-state index in [0.717, 1.165) is 0 Å². The van der Waals surface area contributed by atoms with Gasteiger partial charge in [-0.3, -0.25) is 15.4 Å². The van der Waals surface area contributed by atoms with Crippen molar-refractivity contribution in [2.75, 3.05) is 11.9 Å². The number of anilines is 1. The van der Waals surface area contributed by atoms with E-state index >= 15 is 0 Å². The second-order valence-electron chi connectivity index (χ2n) is 7.15. The van der Waals surface area contributed by atoms with Crippen molar-refractivity contribution < 1.29 is 28.7 Å². The topological polar surface area (TPSA) is 117 Å². The van der Waals surface area contributed by atoms with Crippen LogP contribution in [0.1, 0.15) is 19.4 Å². The van der Waals surface area contributed by atoms with Gasteiger partial charge in [0.2, 0.25) is 0 Å². The van der Waals surface area contributed by atoms with Gasteiger partial charge in [0.05, 0.1) is 9.51 Å². The fourth-order valence-electron chi connectivity index (χ4n) is 2.07. The molecule has 0 aliphatic heterocycles. The number of ether oxygens (including phenoxy) is 3. The average molecular weight is 467 g/mol. The van der Waals surface area contributed by atoms with E-state index in [0.29, 0.717) is 11.3 Å². The Bertz CT molecular complexity index is 916. The first kappa shape index (κ1) is 24.4. The van der Waals surface area contributed by atoms with Gasteiger partial charge in [0.25, 0.3) is 5.69 Å². The van der Waals surface area contributed by atoms with Crippen LogP contribution in [0.15, 0.2) is 48.5 Å². The molecule has 2 rings (SSSR count). The molecule has 0 fully saturated rings. The zero-order chi connectivity index (χ0) is 23.0. The Morgan fingerprint density at radius 3 is 2.23 bits per heavy atom. The molecule has 1 amide bonds. The van der Waals surface area contributed by atoms with Crippen molar-refractivity contribution in [3.05, 3.63) is 64.2 Å². The van der Waals surface area contributed by atoms with Crippen molar-refractivity contribution in [2.45, 2.75) is 25.0 Å². The molecule has 0 saturated heterocycles. The van der Waals surface area contributed by atoms with Gasteiger partial charge in [-0.2, -0.15) is 25.3 Å². The van der Waals surface area contributed by atoms with Crippen molar-refractivity contribution >= 4 is 48.9 Å². The molecule has 1 N–H and O–H groups in total. The minimum atomic E-state index is -0.950. The molecule has 0 atom stereocenters. The van der Waals surface area contributed by atoms with E-state index in [1.807, 2.05) is 13.8 Å². The van der Waals surface area contributed by atoms with Gasteiger partial charge < -0.3 is 14.2 Å². The Kier molecular flexibility index (Phi) is 8.57. The number of hydrogen-bond acceptors (Lipinski definition) is 9. The molecule has 31 heavy (non-hydrogen) atoms.